The highest BCUT2D eigenvalue weighted by Crippen LogP contribution is 2.26. The number of alkyl carbamates (subject to hydrolysis) is 1. The van der Waals surface area contributed by atoms with Crippen molar-refractivity contribution in [3.63, 3.8) is 0 Å². The molecule has 3 N–H and O–H groups in total. The largest absolute Gasteiger partial charge is 0.508 e. The zero-order chi connectivity index (χ0) is 28.5. The van der Waals surface area contributed by atoms with Gasteiger partial charge in [-0.25, -0.2) is 4.79 Å². The first-order chi connectivity index (χ1) is 17.8. The van der Waals surface area contributed by atoms with Gasteiger partial charge in [0.2, 0.25) is 11.8 Å². The number of ether oxygens (including phenoxy) is 1. The zero-order valence-electron chi connectivity index (χ0n) is 23.8. The van der Waals surface area contributed by atoms with Crippen LogP contribution in [0.3, 0.4) is 0 Å². The van der Waals surface area contributed by atoms with E-state index >= 15 is 0 Å². The molecule has 0 aromatic heterocycles. The minimum atomic E-state index is -1.00. The molecule has 0 aliphatic carbocycles. The number of amides is 3. The van der Waals surface area contributed by atoms with Crippen molar-refractivity contribution in [3.8, 4) is 5.75 Å². The molecule has 0 aliphatic heterocycles. The van der Waals surface area contributed by atoms with Crippen LogP contribution in [0.15, 0.2) is 42.5 Å². The molecule has 8 nitrogen and oxygen atoms in total. The van der Waals surface area contributed by atoms with Gasteiger partial charge in [0.1, 0.15) is 23.4 Å². The van der Waals surface area contributed by atoms with Gasteiger partial charge in [0.15, 0.2) is 0 Å². The fraction of sp³-hybridized carbons (Fsp3) is 0.500. The number of hydrogen-bond acceptors (Lipinski definition) is 5. The number of aromatic hydroxyl groups is 1. The smallest absolute Gasteiger partial charge is 0.408 e. The number of rotatable bonds is 11. The van der Waals surface area contributed by atoms with Crippen LogP contribution in [0, 0.1) is 13.8 Å². The third-order valence-electron chi connectivity index (χ3n) is 6.37. The Morgan fingerprint density at radius 1 is 1.03 bits per heavy atom. The standard InChI is InChI=1S/C30H43N3O5/c1-8-9-10-18-31-27(35)26(24-13-11-12-20(2)21(24)3)33(7)28(36)25(32-29(37)38-30(4,5)6)19-22-14-16-23(34)17-15-22/h11-17,25-26,34H,8-10,18-19H2,1-7H3,(H,31,35)(H,32,37). The van der Waals surface area contributed by atoms with Crippen LogP contribution >= 0.6 is 0 Å². The van der Waals surface area contributed by atoms with Gasteiger partial charge in [0.25, 0.3) is 0 Å². The Bertz CT molecular complexity index is 1090. The van der Waals surface area contributed by atoms with Gasteiger partial charge in [-0.1, -0.05) is 50.1 Å². The Hall–Kier alpha value is -3.55. The molecule has 2 rings (SSSR count). The predicted molar refractivity (Wildman–Crippen MR) is 149 cm³/mol. The normalized spacial score (nSPS) is 12.8. The van der Waals surface area contributed by atoms with Crippen LogP contribution in [0.2, 0.25) is 0 Å². The second kappa shape index (κ2) is 13.8. The SMILES string of the molecule is CCCCCNC(=O)C(c1cccc(C)c1C)N(C)C(=O)C(Cc1ccc(O)cc1)NC(=O)OC(C)(C)C. The predicted octanol–water partition coefficient (Wildman–Crippen LogP) is 4.95. The molecule has 0 aliphatic rings. The maximum Gasteiger partial charge on any atom is 0.408 e. The number of carbonyl (C=O) groups is 3. The van der Waals surface area contributed by atoms with E-state index in [0.29, 0.717) is 6.54 Å². The molecule has 3 amide bonds. The number of aryl methyl sites for hydroxylation is 1. The molecule has 0 bridgehead atoms. The van der Waals surface area contributed by atoms with Crippen LogP contribution in [0.1, 0.15) is 75.3 Å². The lowest BCUT2D eigenvalue weighted by Crippen LogP contribution is -2.52. The van der Waals surface area contributed by atoms with Crippen LogP contribution in [-0.4, -0.2) is 53.1 Å². The molecular weight excluding hydrogens is 482 g/mol. The molecule has 0 saturated heterocycles. The first-order valence-electron chi connectivity index (χ1n) is 13.2. The fourth-order valence-electron chi connectivity index (χ4n) is 4.17. The average Bonchev–Trinajstić information content (AvgIpc) is 2.84. The number of phenolic OH excluding ortho intramolecular Hbond substituents is 1. The van der Waals surface area contributed by atoms with Crippen LogP contribution in [-0.2, 0) is 20.7 Å². The molecule has 0 fully saturated rings. The van der Waals surface area contributed by atoms with Crippen molar-refractivity contribution in [1.29, 1.82) is 0 Å². The molecule has 0 spiro atoms. The van der Waals surface area contributed by atoms with E-state index in [2.05, 4.69) is 17.6 Å². The van der Waals surface area contributed by atoms with Crippen molar-refractivity contribution in [2.75, 3.05) is 13.6 Å². The van der Waals surface area contributed by atoms with Crippen molar-refractivity contribution >= 4 is 17.9 Å². The quantitative estimate of drug-likeness (QED) is 0.360. The molecular formula is C30H43N3O5. The second-order valence-corrected chi connectivity index (χ2v) is 10.7. The number of likely N-dealkylation sites (N-methyl/N-ethyl adjacent to an activating group) is 1. The lowest BCUT2D eigenvalue weighted by atomic mass is 9.95. The molecule has 0 heterocycles. The fourth-order valence-corrected chi connectivity index (χ4v) is 4.17. The van der Waals surface area contributed by atoms with Crippen LogP contribution in [0.4, 0.5) is 4.79 Å². The minimum absolute atomic E-state index is 0.101. The van der Waals surface area contributed by atoms with E-state index in [0.717, 1.165) is 41.5 Å². The molecule has 38 heavy (non-hydrogen) atoms. The highest BCUT2D eigenvalue weighted by molar-refractivity contribution is 5.92. The van der Waals surface area contributed by atoms with E-state index in [4.69, 9.17) is 4.74 Å². The lowest BCUT2D eigenvalue weighted by molar-refractivity contribution is -0.140. The number of nitrogens with zero attached hydrogens (tertiary/aromatic N) is 1. The Kier molecular flexibility index (Phi) is 11.2. The number of unbranched alkanes of at least 4 members (excludes halogenated alkanes) is 2. The zero-order valence-corrected chi connectivity index (χ0v) is 23.8. The van der Waals surface area contributed by atoms with Crippen LogP contribution in [0.25, 0.3) is 0 Å². The molecule has 2 aromatic rings. The summed E-state index contributed by atoms with van der Waals surface area (Å²) >= 11 is 0. The Balaban J connectivity index is 2.41. The molecule has 2 atom stereocenters. The number of hydrogen-bond donors (Lipinski definition) is 3. The monoisotopic (exact) mass is 525 g/mol. The van der Waals surface area contributed by atoms with Gasteiger partial charge in [-0.15, -0.1) is 0 Å². The molecule has 2 aromatic carbocycles. The van der Waals surface area contributed by atoms with E-state index in [1.165, 1.54) is 17.0 Å². The lowest BCUT2D eigenvalue weighted by Gasteiger charge is -2.32. The Labute approximate surface area is 226 Å². The van der Waals surface area contributed by atoms with Gasteiger partial charge in [-0.05, 0) is 75.4 Å². The van der Waals surface area contributed by atoms with Gasteiger partial charge < -0.3 is 25.4 Å². The summed E-state index contributed by atoms with van der Waals surface area (Å²) in [7, 11) is 1.58. The van der Waals surface area contributed by atoms with Crippen molar-refractivity contribution in [3.05, 3.63) is 64.7 Å². The van der Waals surface area contributed by atoms with Gasteiger partial charge in [-0.2, -0.15) is 0 Å². The summed E-state index contributed by atoms with van der Waals surface area (Å²) in [4.78, 5) is 41.5. The van der Waals surface area contributed by atoms with E-state index in [1.807, 2.05) is 32.0 Å². The average molecular weight is 526 g/mol. The molecule has 8 heteroatoms. The summed E-state index contributed by atoms with van der Waals surface area (Å²) in [5.74, 6) is -0.603. The third kappa shape index (κ3) is 9.08. The maximum absolute atomic E-state index is 13.9. The summed E-state index contributed by atoms with van der Waals surface area (Å²) in [6.45, 7) is 11.8. The van der Waals surface area contributed by atoms with Crippen LogP contribution < -0.4 is 10.6 Å². The van der Waals surface area contributed by atoms with Gasteiger partial charge >= 0.3 is 6.09 Å². The summed E-state index contributed by atoms with van der Waals surface area (Å²) in [6.07, 6.45) is 2.31. The summed E-state index contributed by atoms with van der Waals surface area (Å²) in [5.41, 5.74) is 2.66. The minimum Gasteiger partial charge on any atom is -0.508 e. The first-order valence-corrected chi connectivity index (χ1v) is 13.2. The molecule has 0 saturated carbocycles. The second-order valence-electron chi connectivity index (χ2n) is 10.7. The summed E-state index contributed by atoms with van der Waals surface area (Å²) in [6, 6.07) is 10.2. The number of nitrogens with one attached hydrogen (secondary N) is 2. The van der Waals surface area contributed by atoms with Gasteiger partial charge in [0.05, 0.1) is 0 Å². The highest BCUT2D eigenvalue weighted by Gasteiger charge is 2.35. The number of carbonyl (C=O) groups excluding carboxylic acids is 3. The third-order valence-corrected chi connectivity index (χ3v) is 6.37. The van der Waals surface area contributed by atoms with Crippen molar-refractivity contribution in [2.45, 2.75) is 84.9 Å². The van der Waals surface area contributed by atoms with Gasteiger partial charge in [0, 0.05) is 20.0 Å². The Morgan fingerprint density at radius 3 is 2.29 bits per heavy atom. The van der Waals surface area contributed by atoms with E-state index < -0.39 is 29.7 Å². The van der Waals surface area contributed by atoms with E-state index in [9.17, 15) is 19.5 Å². The highest BCUT2D eigenvalue weighted by atomic mass is 16.6. The molecule has 2 unspecified atom stereocenters. The number of benzene rings is 2. The van der Waals surface area contributed by atoms with E-state index in [1.54, 1.807) is 40.0 Å². The molecule has 0 radical (unpaired) electrons. The molecule has 208 valence electrons. The van der Waals surface area contributed by atoms with E-state index in [-0.39, 0.29) is 18.1 Å². The maximum atomic E-state index is 13.9. The van der Waals surface area contributed by atoms with Gasteiger partial charge in [-0.3, -0.25) is 9.59 Å². The van der Waals surface area contributed by atoms with Crippen molar-refractivity contribution in [2.24, 2.45) is 0 Å². The Morgan fingerprint density at radius 2 is 1.68 bits per heavy atom. The summed E-state index contributed by atoms with van der Waals surface area (Å²) in [5, 5.41) is 15.4. The van der Waals surface area contributed by atoms with Crippen molar-refractivity contribution in [1.82, 2.24) is 15.5 Å². The first kappa shape index (κ1) is 30.7. The summed E-state index contributed by atoms with van der Waals surface area (Å²) < 4.78 is 5.42. The van der Waals surface area contributed by atoms with Crippen LogP contribution in [0.5, 0.6) is 5.75 Å². The topological polar surface area (TPSA) is 108 Å². The van der Waals surface area contributed by atoms with Crippen molar-refractivity contribution < 1.29 is 24.2 Å². The number of phenols is 1.